The molecule has 3 aliphatic heterocycles. The highest BCUT2D eigenvalue weighted by Gasteiger charge is 2.43. The van der Waals surface area contributed by atoms with E-state index in [-0.39, 0.29) is 52.0 Å². The summed E-state index contributed by atoms with van der Waals surface area (Å²) in [4.78, 5) is 98.4. The molecule has 398 valence electrons. The van der Waals surface area contributed by atoms with E-state index in [0.717, 1.165) is 6.07 Å². The van der Waals surface area contributed by atoms with Crippen LogP contribution in [0.4, 0.5) is 34.3 Å². The number of hydrogen-bond acceptors (Lipinski definition) is 13. The molecule has 3 saturated heterocycles. The maximum Gasteiger partial charge on any atom is 0.573 e. The first-order valence-corrected chi connectivity index (χ1v) is 25.7. The number of thioether (sulfide) groups is 1. The number of rotatable bonds is 15. The average molecular weight is 1050 g/mol. The largest absolute Gasteiger partial charge is 0.573 e. The van der Waals surface area contributed by atoms with Gasteiger partial charge in [0.05, 0.1) is 44.0 Å². The van der Waals surface area contributed by atoms with Crippen LogP contribution in [0.25, 0.3) is 22.4 Å². The SMILES string of the molecule is COC(=O)N[C@H](C(=O)N1CCCC1C(=O)N1CCN(c2ccc(NC(=O)c3ccc(-c4ccc(-c5cnc([C@@H]6C[C@H](SC)CN6C(=O)[C@@H](NC(=O)OC)C(C)C)[nH]5)cc4)c(OC(F)(F)F)c3)cn2)[C@H](C)C1)C(C)C. The number of imidazole rings is 1. The summed E-state index contributed by atoms with van der Waals surface area (Å²) >= 11 is 1.63. The van der Waals surface area contributed by atoms with Crippen molar-refractivity contribution in [3.05, 3.63) is 78.4 Å². The predicted molar refractivity (Wildman–Crippen MR) is 271 cm³/mol. The maximum atomic E-state index is 13.9. The number of halogens is 3. The Balaban J connectivity index is 0.989. The molecule has 5 heterocycles. The number of carbonyl (C=O) groups excluding carboxylic acids is 6. The third-order valence-electron chi connectivity index (χ3n) is 13.6. The van der Waals surface area contributed by atoms with E-state index in [2.05, 4.69) is 35.6 Å². The molecule has 4 N–H and O–H groups in total. The van der Waals surface area contributed by atoms with Crippen LogP contribution < -0.4 is 25.6 Å². The molecule has 23 heteroatoms. The molecule has 0 radical (unpaired) electrons. The molecule has 74 heavy (non-hydrogen) atoms. The van der Waals surface area contributed by atoms with Gasteiger partial charge < -0.3 is 54.7 Å². The summed E-state index contributed by atoms with van der Waals surface area (Å²) in [6.07, 6.45) is 0.326. The van der Waals surface area contributed by atoms with Crippen LogP contribution in [0.3, 0.4) is 0 Å². The van der Waals surface area contributed by atoms with Crippen molar-refractivity contribution in [2.24, 2.45) is 11.8 Å². The topological polar surface area (TPSA) is 221 Å². The molecule has 2 aromatic heterocycles. The van der Waals surface area contributed by atoms with E-state index in [4.69, 9.17) is 9.47 Å². The molecular weight excluding hydrogens is 986 g/mol. The van der Waals surface area contributed by atoms with Gasteiger partial charge in [-0.25, -0.2) is 19.6 Å². The number of methoxy groups -OCH3 is 2. The van der Waals surface area contributed by atoms with Gasteiger partial charge in [0.2, 0.25) is 17.7 Å². The van der Waals surface area contributed by atoms with Gasteiger partial charge in [0, 0.05) is 55.1 Å². The Bertz CT molecular complexity index is 2670. The quantitative estimate of drug-likeness (QED) is 0.0936. The van der Waals surface area contributed by atoms with Gasteiger partial charge in [-0.1, -0.05) is 52.0 Å². The first-order valence-electron chi connectivity index (χ1n) is 24.4. The van der Waals surface area contributed by atoms with E-state index in [9.17, 15) is 41.9 Å². The van der Waals surface area contributed by atoms with Crippen LogP contribution in [0.15, 0.2) is 67.0 Å². The molecular formula is C51H63F3N10O9S. The summed E-state index contributed by atoms with van der Waals surface area (Å²) in [6, 6.07) is 10.9. The second-order valence-electron chi connectivity index (χ2n) is 19.2. The molecule has 3 aliphatic rings. The van der Waals surface area contributed by atoms with Crippen LogP contribution in [0, 0.1) is 11.8 Å². The lowest BCUT2D eigenvalue weighted by Gasteiger charge is -2.42. The number of H-pyrrole nitrogens is 1. The fourth-order valence-corrected chi connectivity index (χ4v) is 10.3. The number of nitrogens with one attached hydrogen (secondary N) is 4. The van der Waals surface area contributed by atoms with E-state index in [1.807, 2.05) is 45.8 Å². The first-order chi connectivity index (χ1) is 35.2. The first kappa shape index (κ1) is 54.7. The molecule has 1 unspecified atom stereocenters. The minimum Gasteiger partial charge on any atom is -0.453 e. The highest BCUT2D eigenvalue weighted by Crippen LogP contribution is 2.39. The second-order valence-corrected chi connectivity index (χ2v) is 20.3. The Hall–Kier alpha value is -7.04. The van der Waals surface area contributed by atoms with Crippen molar-refractivity contribution in [1.29, 1.82) is 0 Å². The third-order valence-corrected chi connectivity index (χ3v) is 14.6. The smallest absolute Gasteiger partial charge is 0.453 e. The van der Waals surface area contributed by atoms with Crippen LogP contribution in [0.2, 0.25) is 0 Å². The van der Waals surface area contributed by atoms with Crippen LogP contribution >= 0.6 is 11.8 Å². The molecule has 6 atom stereocenters. The molecule has 0 aliphatic carbocycles. The Morgan fingerprint density at radius 2 is 1.45 bits per heavy atom. The highest BCUT2D eigenvalue weighted by molar-refractivity contribution is 7.99. The van der Waals surface area contributed by atoms with Crippen molar-refractivity contribution in [3.63, 3.8) is 0 Å². The minimum absolute atomic E-state index is 0.0860. The van der Waals surface area contributed by atoms with Crippen molar-refractivity contribution >= 4 is 59.1 Å². The summed E-state index contributed by atoms with van der Waals surface area (Å²) in [6.45, 7) is 11.3. The number of ether oxygens (including phenoxy) is 3. The normalized spacial score (nSPS) is 19.8. The lowest BCUT2D eigenvalue weighted by Crippen LogP contribution is -2.59. The Labute approximate surface area is 431 Å². The monoisotopic (exact) mass is 1050 g/mol. The number of amides is 6. The zero-order valence-corrected chi connectivity index (χ0v) is 43.3. The molecule has 4 aromatic rings. The number of alkyl carbamates (subject to hydrolysis) is 2. The van der Waals surface area contributed by atoms with Gasteiger partial charge in [-0.2, -0.15) is 11.8 Å². The van der Waals surface area contributed by atoms with Gasteiger partial charge in [-0.3, -0.25) is 19.2 Å². The summed E-state index contributed by atoms with van der Waals surface area (Å²) in [5.74, 6) is -1.34. The number of likely N-dealkylation sites (tertiary alicyclic amines) is 2. The number of hydrogen-bond donors (Lipinski definition) is 4. The molecule has 2 aromatic carbocycles. The van der Waals surface area contributed by atoms with Crippen LogP contribution in [0.5, 0.6) is 5.75 Å². The summed E-state index contributed by atoms with van der Waals surface area (Å²) in [7, 11) is 2.46. The van der Waals surface area contributed by atoms with Crippen LogP contribution in [-0.2, 0) is 23.9 Å². The summed E-state index contributed by atoms with van der Waals surface area (Å²) in [5, 5.41) is 8.09. The molecule has 6 amide bonds. The Morgan fingerprint density at radius 3 is 2.03 bits per heavy atom. The third kappa shape index (κ3) is 12.6. The van der Waals surface area contributed by atoms with Crippen LogP contribution in [0.1, 0.15) is 76.1 Å². The molecule has 19 nitrogen and oxygen atoms in total. The zero-order chi connectivity index (χ0) is 53.6. The number of aromatic nitrogens is 3. The van der Waals surface area contributed by atoms with E-state index >= 15 is 0 Å². The van der Waals surface area contributed by atoms with Gasteiger partial charge in [0.1, 0.15) is 35.5 Å². The van der Waals surface area contributed by atoms with Gasteiger partial charge in [0.15, 0.2) is 0 Å². The van der Waals surface area contributed by atoms with Crippen molar-refractivity contribution in [3.8, 4) is 28.1 Å². The number of anilines is 2. The molecule has 0 spiro atoms. The minimum atomic E-state index is -5.07. The summed E-state index contributed by atoms with van der Waals surface area (Å²) < 4.78 is 55.5. The molecule has 7 rings (SSSR count). The fourth-order valence-electron chi connectivity index (χ4n) is 9.65. The van der Waals surface area contributed by atoms with Crippen molar-refractivity contribution in [2.75, 3.05) is 63.4 Å². The number of pyridine rings is 1. The molecule has 0 saturated carbocycles. The van der Waals surface area contributed by atoms with E-state index in [0.29, 0.717) is 86.1 Å². The lowest BCUT2D eigenvalue weighted by molar-refractivity contribution is -0.274. The van der Waals surface area contributed by atoms with Gasteiger partial charge in [-0.05, 0) is 85.7 Å². The van der Waals surface area contributed by atoms with Gasteiger partial charge in [0.25, 0.3) is 5.91 Å². The van der Waals surface area contributed by atoms with Gasteiger partial charge >= 0.3 is 18.5 Å². The van der Waals surface area contributed by atoms with E-state index in [1.165, 1.54) is 32.5 Å². The summed E-state index contributed by atoms with van der Waals surface area (Å²) in [5.41, 5.74) is 1.95. The van der Waals surface area contributed by atoms with E-state index < -0.39 is 54.4 Å². The number of carbonyl (C=O) groups is 6. The van der Waals surface area contributed by atoms with Crippen molar-refractivity contribution in [1.82, 2.24) is 40.3 Å². The molecule has 3 fully saturated rings. The highest BCUT2D eigenvalue weighted by atomic mass is 32.2. The fraction of sp³-hybridized carbons (Fsp3) is 0.490. The lowest BCUT2D eigenvalue weighted by atomic mass is 10.00. The maximum absolute atomic E-state index is 13.9. The molecule has 0 bridgehead atoms. The Morgan fingerprint density at radius 1 is 0.797 bits per heavy atom. The second kappa shape index (κ2) is 23.4. The number of nitrogens with zero attached hydrogens (tertiary/aromatic N) is 6. The van der Waals surface area contributed by atoms with Crippen molar-refractivity contribution in [2.45, 2.75) is 95.7 Å². The average Bonchev–Trinajstić information content (AvgIpc) is 4.17. The van der Waals surface area contributed by atoms with Crippen LogP contribution in [-0.4, -0.2) is 154 Å². The number of benzene rings is 2. The Kier molecular flexibility index (Phi) is 17.3. The van der Waals surface area contributed by atoms with Crippen molar-refractivity contribution < 1.29 is 56.1 Å². The standard InChI is InChI=1S/C51H63F3N10O9S/c1-28(2)42(59-49(69)71-6)47(67)63-19-9-10-38(63)46(66)61-20-21-62(30(5)26-61)41-18-16-34(24-55-41)57-45(65)33-15-17-36(40(22-33)73-51(52,53)54)31-11-13-32(14-12-31)37-25-56-44(58-37)39-23-35(74-8)27-64(39)48(68)43(29(3)4)60-50(70)72-7/h11-18,22,24-25,28-30,35,38-39,42-43H,9-10,19-21,23,26-27H2,1-8H3,(H,56,58)(H,57,65)(H,59,69)(H,60,70)/t30-,35+,38?,39+,42+,43+/m1/s1. The zero-order valence-electron chi connectivity index (χ0n) is 42.5. The number of piperazine rings is 1. The number of alkyl halides is 3. The predicted octanol–water partition coefficient (Wildman–Crippen LogP) is 7.08. The van der Waals surface area contributed by atoms with Gasteiger partial charge in [-0.15, -0.1) is 13.2 Å². The van der Waals surface area contributed by atoms with E-state index in [1.54, 1.807) is 69.1 Å². The number of aromatic amines is 1.